The summed E-state index contributed by atoms with van der Waals surface area (Å²) in [7, 11) is 2.11. The summed E-state index contributed by atoms with van der Waals surface area (Å²) in [5.41, 5.74) is 1.22. The molecular weight excluding hydrogens is 380 g/mol. The van der Waals surface area contributed by atoms with Gasteiger partial charge in [0.1, 0.15) is 5.76 Å². The fourth-order valence-electron chi connectivity index (χ4n) is 3.86. The van der Waals surface area contributed by atoms with Crippen LogP contribution in [-0.4, -0.2) is 58.3 Å². The number of likely N-dealkylation sites (tertiary alicyclic amines) is 1. The monoisotopic (exact) mass is 408 g/mol. The van der Waals surface area contributed by atoms with Gasteiger partial charge in [0.15, 0.2) is 11.4 Å². The zero-order valence-corrected chi connectivity index (χ0v) is 17.5. The summed E-state index contributed by atoms with van der Waals surface area (Å²) in [4.78, 5) is 17.9. The van der Waals surface area contributed by atoms with Crippen LogP contribution >= 0.6 is 0 Å². The Morgan fingerprint density at radius 3 is 2.63 bits per heavy atom. The summed E-state index contributed by atoms with van der Waals surface area (Å²) < 4.78 is 13.0. The SMILES string of the molecule is CCOc1cn(-c2ccccc2)nc1C(=O)N(Cc1ccco1)C1CCN(C)CC1. The number of carbonyl (C=O) groups excluding carboxylic acids is 1. The second-order valence-corrected chi connectivity index (χ2v) is 7.60. The van der Waals surface area contributed by atoms with Crippen molar-refractivity contribution in [3.63, 3.8) is 0 Å². The molecule has 1 aliphatic heterocycles. The first-order valence-electron chi connectivity index (χ1n) is 10.5. The lowest BCUT2D eigenvalue weighted by molar-refractivity contribution is 0.0540. The number of amides is 1. The van der Waals surface area contributed by atoms with Crippen LogP contribution in [0.5, 0.6) is 5.75 Å². The van der Waals surface area contributed by atoms with Crippen LogP contribution < -0.4 is 4.74 Å². The zero-order chi connectivity index (χ0) is 20.9. The molecule has 1 aromatic carbocycles. The van der Waals surface area contributed by atoms with Gasteiger partial charge in [-0.1, -0.05) is 18.2 Å². The van der Waals surface area contributed by atoms with Crippen molar-refractivity contribution >= 4 is 5.91 Å². The van der Waals surface area contributed by atoms with Gasteiger partial charge >= 0.3 is 0 Å². The lowest BCUT2D eigenvalue weighted by Crippen LogP contribution is -2.46. The molecule has 1 saturated heterocycles. The molecule has 0 saturated carbocycles. The first-order valence-corrected chi connectivity index (χ1v) is 10.5. The molecule has 30 heavy (non-hydrogen) atoms. The van der Waals surface area contributed by atoms with E-state index < -0.39 is 0 Å². The van der Waals surface area contributed by atoms with E-state index in [0.717, 1.165) is 37.4 Å². The van der Waals surface area contributed by atoms with Crippen molar-refractivity contribution in [2.75, 3.05) is 26.7 Å². The highest BCUT2D eigenvalue weighted by molar-refractivity contribution is 5.95. The van der Waals surface area contributed by atoms with Crippen molar-refractivity contribution in [2.45, 2.75) is 32.4 Å². The van der Waals surface area contributed by atoms with Crippen LogP contribution in [0.1, 0.15) is 36.0 Å². The Kier molecular flexibility index (Phi) is 6.18. The summed E-state index contributed by atoms with van der Waals surface area (Å²) in [6.45, 7) is 4.72. The number of rotatable bonds is 7. The normalized spacial score (nSPS) is 15.3. The predicted molar refractivity (Wildman–Crippen MR) is 114 cm³/mol. The van der Waals surface area contributed by atoms with Gasteiger partial charge in [-0.05, 0) is 64.2 Å². The zero-order valence-electron chi connectivity index (χ0n) is 17.5. The molecule has 158 valence electrons. The first-order chi connectivity index (χ1) is 14.7. The second-order valence-electron chi connectivity index (χ2n) is 7.60. The number of furan rings is 1. The number of nitrogens with zero attached hydrogens (tertiary/aromatic N) is 4. The number of benzene rings is 1. The minimum Gasteiger partial charge on any atom is -0.490 e. The number of carbonyl (C=O) groups is 1. The molecule has 0 radical (unpaired) electrons. The third-order valence-electron chi connectivity index (χ3n) is 5.50. The molecule has 0 aliphatic carbocycles. The van der Waals surface area contributed by atoms with Gasteiger partial charge < -0.3 is 19.0 Å². The number of hydrogen-bond acceptors (Lipinski definition) is 5. The number of para-hydroxylation sites is 1. The molecule has 0 unspecified atom stereocenters. The fraction of sp³-hybridized carbons (Fsp3) is 0.391. The number of aromatic nitrogens is 2. The summed E-state index contributed by atoms with van der Waals surface area (Å²) in [6.07, 6.45) is 5.27. The number of piperidine rings is 1. The van der Waals surface area contributed by atoms with Gasteiger partial charge in [0.05, 0.1) is 31.3 Å². The average molecular weight is 409 g/mol. The van der Waals surface area contributed by atoms with E-state index in [2.05, 4.69) is 17.0 Å². The molecule has 0 N–H and O–H groups in total. The molecule has 0 spiro atoms. The topological polar surface area (TPSA) is 63.7 Å². The smallest absolute Gasteiger partial charge is 0.278 e. The van der Waals surface area contributed by atoms with Crippen molar-refractivity contribution in [3.05, 3.63) is 66.4 Å². The highest BCUT2D eigenvalue weighted by atomic mass is 16.5. The third-order valence-corrected chi connectivity index (χ3v) is 5.50. The van der Waals surface area contributed by atoms with Crippen LogP contribution in [0.3, 0.4) is 0 Å². The molecule has 1 amide bonds. The van der Waals surface area contributed by atoms with Gasteiger partial charge in [-0.25, -0.2) is 4.68 Å². The van der Waals surface area contributed by atoms with E-state index in [4.69, 9.17) is 9.15 Å². The van der Waals surface area contributed by atoms with Crippen molar-refractivity contribution in [2.24, 2.45) is 0 Å². The quantitative estimate of drug-likeness (QED) is 0.598. The van der Waals surface area contributed by atoms with E-state index >= 15 is 0 Å². The van der Waals surface area contributed by atoms with Crippen LogP contribution in [0.25, 0.3) is 5.69 Å². The summed E-state index contributed by atoms with van der Waals surface area (Å²) in [5, 5.41) is 4.62. The maximum atomic E-state index is 13.7. The molecule has 1 aliphatic rings. The Balaban J connectivity index is 1.66. The van der Waals surface area contributed by atoms with E-state index in [1.807, 2.05) is 54.3 Å². The number of hydrogen-bond donors (Lipinski definition) is 0. The third kappa shape index (κ3) is 4.41. The Hall–Kier alpha value is -3.06. The molecule has 3 aromatic rings. The Morgan fingerprint density at radius 1 is 1.20 bits per heavy atom. The maximum absolute atomic E-state index is 13.7. The highest BCUT2D eigenvalue weighted by Gasteiger charge is 2.32. The van der Waals surface area contributed by atoms with Crippen molar-refractivity contribution in [1.29, 1.82) is 0 Å². The van der Waals surface area contributed by atoms with Crippen molar-refractivity contribution < 1.29 is 13.9 Å². The minimum absolute atomic E-state index is 0.126. The molecule has 1 fully saturated rings. The Morgan fingerprint density at radius 2 is 1.97 bits per heavy atom. The average Bonchev–Trinajstić information content (AvgIpc) is 3.43. The predicted octanol–water partition coefficient (Wildman–Crippen LogP) is 3.60. The lowest BCUT2D eigenvalue weighted by atomic mass is 10.0. The maximum Gasteiger partial charge on any atom is 0.278 e. The van der Waals surface area contributed by atoms with E-state index in [9.17, 15) is 4.79 Å². The van der Waals surface area contributed by atoms with Gasteiger partial charge in [0.2, 0.25) is 0 Å². The van der Waals surface area contributed by atoms with Gasteiger partial charge in [-0.3, -0.25) is 4.79 Å². The standard InChI is InChI=1S/C23H28N4O3/c1-3-29-21-17-27(19-8-5-4-6-9-19)24-22(21)23(28)26(16-20-10-7-15-30-20)18-11-13-25(2)14-12-18/h4-10,15,17-18H,3,11-14,16H2,1-2H3. The van der Waals surface area contributed by atoms with Gasteiger partial charge in [0.25, 0.3) is 5.91 Å². The Bertz CT molecular complexity index is 944. The lowest BCUT2D eigenvalue weighted by Gasteiger charge is -2.36. The van der Waals surface area contributed by atoms with Gasteiger partial charge in [-0.2, -0.15) is 5.10 Å². The second kappa shape index (κ2) is 9.17. The highest BCUT2D eigenvalue weighted by Crippen LogP contribution is 2.26. The molecule has 4 rings (SSSR count). The first kappa shape index (κ1) is 20.2. The molecule has 7 nitrogen and oxygen atoms in total. The van der Waals surface area contributed by atoms with E-state index in [1.165, 1.54) is 0 Å². The van der Waals surface area contributed by atoms with Crippen LogP contribution in [0.15, 0.2) is 59.3 Å². The Labute approximate surface area is 176 Å². The van der Waals surface area contributed by atoms with E-state index in [-0.39, 0.29) is 11.9 Å². The van der Waals surface area contributed by atoms with Gasteiger partial charge in [0, 0.05) is 6.04 Å². The summed E-state index contributed by atoms with van der Waals surface area (Å²) in [5.74, 6) is 1.14. The molecule has 3 heterocycles. The number of ether oxygens (including phenoxy) is 1. The molecular formula is C23H28N4O3. The minimum atomic E-state index is -0.126. The van der Waals surface area contributed by atoms with E-state index in [0.29, 0.717) is 24.6 Å². The van der Waals surface area contributed by atoms with Crippen molar-refractivity contribution in [1.82, 2.24) is 19.6 Å². The summed E-state index contributed by atoms with van der Waals surface area (Å²) in [6, 6.07) is 13.6. The molecule has 2 aromatic heterocycles. The largest absolute Gasteiger partial charge is 0.490 e. The van der Waals surface area contributed by atoms with Crippen LogP contribution in [0, 0.1) is 0 Å². The van der Waals surface area contributed by atoms with Gasteiger partial charge in [-0.15, -0.1) is 0 Å². The van der Waals surface area contributed by atoms with Crippen LogP contribution in [0.2, 0.25) is 0 Å². The molecule has 7 heteroatoms. The van der Waals surface area contributed by atoms with Crippen molar-refractivity contribution in [3.8, 4) is 11.4 Å². The van der Waals surface area contributed by atoms with Crippen LogP contribution in [0.4, 0.5) is 0 Å². The molecule has 0 bridgehead atoms. The summed E-state index contributed by atoms with van der Waals surface area (Å²) >= 11 is 0. The van der Waals surface area contributed by atoms with Crippen LogP contribution in [-0.2, 0) is 6.54 Å². The fourth-order valence-corrected chi connectivity index (χ4v) is 3.86. The van der Waals surface area contributed by atoms with E-state index in [1.54, 1.807) is 17.1 Å². The molecule has 0 atom stereocenters.